The van der Waals surface area contributed by atoms with Gasteiger partial charge in [-0.2, -0.15) is 11.8 Å². The highest BCUT2D eigenvalue weighted by Crippen LogP contribution is 2.12. The van der Waals surface area contributed by atoms with E-state index in [-0.39, 0.29) is 11.9 Å². The van der Waals surface area contributed by atoms with E-state index in [4.69, 9.17) is 4.74 Å². The molecule has 0 aliphatic heterocycles. The molecule has 0 bridgehead atoms. The first-order chi connectivity index (χ1) is 12.2. The smallest absolute Gasteiger partial charge is 0.328 e. The molecule has 1 amide bonds. The molecule has 0 unspecified atom stereocenters. The summed E-state index contributed by atoms with van der Waals surface area (Å²) in [5.74, 6) is 0.451. The van der Waals surface area contributed by atoms with Crippen LogP contribution in [0.3, 0.4) is 0 Å². The first-order valence-corrected chi connectivity index (χ1v) is 11.4. The van der Waals surface area contributed by atoms with Crippen LogP contribution in [0.5, 0.6) is 0 Å². The van der Waals surface area contributed by atoms with Crippen LogP contribution in [0.15, 0.2) is 0 Å². The number of amides is 1. The molecule has 1 atom stereocenters. The summed E-state index contributed by atoms with van der Waals surface area (Å²) in [6.45, 7) is 2.25. The number of rotatable bonds is 17. The van der Waals surface area contributed by atoms with Crippen LogP contribution in [0, 0.1) is 0 Å². The van der Waals surface area contributed by atoms with Crippen LogP contribution in [0.25, 0.3) is 0 Å². The van der Waals surface area contributed by atoms with Gasteiger partial charge < -0.3 is 10.1 Å². The quantitative estimate of drug-likeness (QED) is 0.285. The Hall–Kier alpha value is -0.710. The minimum absolute atomic E-state index is 0.0348. The van der Waals surface area contributed by atoms with Gasteiger partial charge in [-0.15, -0.1) is 0 Å². The molecule has 0 aromatic heterocycles. The lowest BCUT2D eigenvalue weighted by atomic mass is 10.1. The fourth-order valence-electron chi connectivity index (χ4n) is 2.84. The summed E-state index contributed by atoms with van der Waals surface area (Å²) in [5, 5.41) is 2.81. The molecule has 0 aliphatic rings. The van der Waals surface area contributed by atoms with Crippen LogP contribution < -0.4 is 5.32 Å². The van der Waals surface area contributed by atoms with Crippen molar-refractivity contribution in [3.8, 4) is 0 Å². The van der Waals surface area contributed by atoms with Crippen molar-refractivity contribution >= 4 is 23.6 Å². The Labute approximate surface area is 159 Å². The van der Waals surface area contributed by atoms with Gasteiger partial charge in [-0.3, -0.25) is 4.79 Å². The van der Waals surface area contributed by atoms with Gasteiger partial charge in [0.05, 0.1) is 7.11 Å². The molecule has 0 aromatic rings. The van der Waals surface area contributed by atoms with Gasteiger partial charge in [0.2, 0.25) is 5.91 Å². The maximum absolute atomic E-state index is 12.0. The fourth-order valence-corrected chi connectivity index (χ4v) is 3.31. The molecule has 0 radical (unpaired) electrons. The molecule has 0 heterocycles. The highest BCUT2D eigenvalue weighted by atomic mass is 32.2. The summed E-state index contributed by atoms with van der Waals surface area (Å²) in [6, 6.07) is -0.502. The molecule has 1 N–H and O–H groups in total. The van der Waals surface area contributed by atoms with Gasteiger partial charge in [0, 0.05) is 6.42 Å². The number of methoxy groups -OCH3 is 1. The second kappa shape index (κ2) is 18.1. The molecule has 0 fully saturated rings. The molecule has 0 rings (SSSR count). The van der Waals surface area contributed by atoms with Crippen molar-refractivity contribution < 1.29 is 14.3 Å². The van der Waals surface area contributed by atoms with E-state index in [0.717, 1.165) is 18.6 Å². The van der Waals surface area contributed by atoms with Crippen molar-refractivity contribution in [1.29, 1.82) is 0 Å². The lowest BCUT2D eigenvalue weighted by molar-refractivity contribution is -0.145. The Morgan fingerprint density at radius 1 is 0.920 bits per heavy atom. The number of thioether (sulfide) groups is 1. The Bertz CT molecular complexity index is 337. The van der Waals surface area contributed by atoms with Gasteiger partial charge in [-0.1, -0.05) is 71.1 Å². The molecule has 148 valence electrons. The predicted octanol–water partition coefficient (Wildman–Crippen LogP) is 5.10. The van der Waals surface area contributed by atoms with Crippen LogP contribution in [-0.2, 0) is 14.3 Å². The van der Waals surface area contributed by atoms with E-state index in [0.29, 0.717) is 12.8 Å². The van der Waals surface area contributed by atoms with E-state index in [1.54, 1.807) is 11.8 Å². The van der Waals surface area contributed by atoms with Crippen molar-refractivity contribution in [2.75, 3.05) is 19.1 Å². The van der Waals surface area contributed by atoms with Crippen molar-refractivity contribution in [3.63, 3.8) is 0 Å². The van der Waals surface area contributed by atoms with E-state index in [1.165, 1.54) is 64.9 Å². The summed E-state index contributed by atoms with van der Waals surface area (Å²) in [5.41, 5.74) is 0. The highest BCUT2D eigenvalue weighted by molar-refractivity contribution is 7.98. The number of nitrogens with one attached hydrogen (secondary N) is 1. The average Bonchev–Trinajstić information content (AvgIpc) is 2.62. The lowest BCUT2D eigenvalue weighted by Gasteiger charge is -2.15. The first-order valence-electron chi connectivity index (χ1n) is 10.0. The molecular weight excluding hydrogens is 334 g/mol. The molecule has 0 saturated heterocycles. The molecule has 0 aromatic carbocycles. The van der Waals surface area contributed by atoms with Gasteiger partial charge in [-0.25, -0.2) is 4.79 Å². The zero-order valence-electron chi connectivity index (χ0n) is 16.6. The van der Waals surface area contributed by atoms with Gasteiger partial charge >= 0.3 is 5.97 Å². The maximum Gasteiger partial charge on any atom is 0.328 e. The molecule has 0 saturated carbocycles. The summed E-state index contributed by atoms with van der Waals surface area (Å²) < 4.78 is 4.76. The van der Waals surface area contributed by atoms with E-state index in [2.05, 4.69) is 12.2 Å². The number of unbranched alkanes of at least 4 members (excludes halogenated alkanes) is 10. The van der Waals surface area contributed by atoms with Gasteiger partial charge in [0.15, 0.2) is 0 Å². The topological polar surface area (TPSA) is 55.4 Å². The van der Waals surface area contributed by atoms with E-state index in [9.17, 15) is 9.59 Å². The van der Waals surface area contributed by atoms with Gasteiger partial charge in [0.1, 0.15) is 6.04 Å². The van der Waals surface area contributed by atoms with Crippen molar-refractivity contribution in [2.24, 2.45) is 0 Å². The SMILES string of the molecule is CCCCCCCCCCCCCC(=O)N[C@@H](CCSC)C(=O)OC. The van der Waals surface area contributed by atoms with Crippen LogP contribution in [-0.4, -0.2) is 37.0 Å². The summed E-state index contributed by atoms with van der Waals surface area (Å²) in [6.07, 6.45) is 17.1. The lowest BCUT2D eigenvalue weighted by Crippen LogP contribution is -2.41. The normalized spacial score (nSPS) is 12.0. The third kappa shape index (κ3) is 15.3. The Morgan fingerprint density at radius 3 is 1.92 bits per heavy atom. The van der Waals surface area contributed by atoms with Gasteiger partial charge in [-0.05, 0) is 24.9 Å². The standard InChI is InChI=1S/C20H39NO3S/c1-4-5-6-7-8-9-10-11-12-13-14-15-19(22)21-18(16-17-25-3)20(23)24-2/h18H,4-17H2,1-3H3,(H,21,22)/t18-/m0/s1. The second-order valence-corrected chi connectivity index (χ2v) is 7.70. The third-order valence-corrected chi connectivity index (χ3v) is 5.08. The predicted molar refractivity (Wildman–Crippen MR) is 108 cm³/mol. The number of carbonyl (C=O) groups is 2. The van der Waals surface area contributed by atoms with Crippen LogP contribution >= 0.6 is 11.8 Å². The molecule has 0 spiro atoms. The molecule has 25 heavy (non-hydrogen) atoms. The summed E-state index contributed by atoms with van der Waals surface area (Å²) >= 11 is 1.66. The van der Waals surface area contributed by atoms with Crippen molar-refractivity contribution in [3.05, 3.63) is 0 Å². The van der Waals surface area contributed by atoms with E-state index < -0.39 is 6.04 Å². The Kier molecular flexibility index (Phi) is 17.6. The van der Waals surface area contributed by atoms with Crippen molar-refractivity contribution in [2.45, 2.75) is 96.4 Å². The molecule has 0 aliphatic carbocycles. The second-order valence-electron chi connectivity index (χ2n) is 6.71. The number of hydrogen-bond acceptors (Lipinski definition) is 4. The highest BCUT2D eigenvalue weighted by Gasteiger charge is 2.20. The minimum Gasteiger partial charge on any atom is -0.467 e. The molecular formula is C20H39NO3S. The molecule has 4 nitrogen and oxygen atoms in total. The van der Waals surface area contributed by atoms with E-state index in [1.807, 2.05) is 6.26 Å². The number of carbonyl (C=O) groups excluding carboxylic acids is 2. The number of esters is 1. The number of ether oxygens (including phenoxy) is 1. The minimum atomic E-state index is -0.502. The van der Waals surface area contributed by atoms with Crippen molar-refractivity contribution in [1.82, 2.24) is 5.32 Å². The van der Waals surface area contributed by atoms with E-state index >= 15 is 0 Å². The van der Waals surface area contributed by atoms with Crippen LogP contribution in [0.1, 0.15) is 90.4 Å². The zero-order valence-corrected chi connectivity index (χ0v) is 17.4. The number of hydrogen-bond donors (Lipinski definition) is 1. The zero-order chi connectivity index (χ0) is 18.8. The monoisotopic (exact) mass is 373 g/mol. The Balaban J connectivity index is 3.60. The van der Waals surface area contributed by atoms with Crippen LogP contribution in [0.4, 0.5) is 0 Å². The summed E-state index contributed by atoms with van der Waals surface area (Å²) in [4.78, 5) is 23.6. The Morgan fingerprint density at radius 2 is 1.44 bits per heavy atom. The third-order valence-electron chi connectivity index (χ3n) is 4.44. The average molecular weight is 374 g/mol. The summed E-state index contributed by atoms with van der Waals surface area (Å²) in [7, 11) is 1.37. The van der Waals surface area contributed by atoms with Gasteiger partial charge in [0.25, 0.3) is 0 Å². The van der Waals surface area contributed by atoms with Crippen LogP contribution in [0.2, 0.25) is 0 Å². The first kappa shape index (κ1) is 24.3. The fraction of sp³-hybridized carbons (Fsp3) is 0.900. The molecule has 5 heteroatoms. The maximum atomic E-state index is 12.0. The largest absolute Gasteiger partial charge is 0.467 e.